The number of aromatic nitrogens is 1. The third-order valence-corrected chi connectivity index (χ3v) is 6.50. The second-order valence-corrected chi connectivity index (χ2v) is 8.46. The highest BCUT2D eigenvalue weighted by molar-refractivity contribution is 7.26. The number of hydrogen-bond donors (Lipinski definition) is 0. The molecule has 0 aliphatic heterocycles. The number of halogens is 1. The number of rotatable bonds is 3. The minimum absolute atomic E-state index is 0.210. The molecule has 1 nitrogen and oxygen atoms in total. The highest BCUT2D eigenvalue weighted by Gasteiger charge is 2.13. The summed E-state index contributed by atoms with van der Waals surface area (Å²) < 4.78 is 24.9. The van der Waals surface area contributed by atoms with Crippen molar-refractivity contribution in [3.63, 3.8) is 0 Å². The molecule has 0 amide bonds. The van der Waals surface area contributed by atoms with Gasteiger partial charge in [-0.05, 0) is 41.3 Å². The Bertz CT molecular complexity index is 1400. The van der Waals surface area contributed by atoms with Gasteiger partial charge in [-0.15, -0.1) is 11.3 Å². The van der Waals surface area contributed by atoms with E-state index in [1.165, 1.54) is 11.5 Å². The van der Waals surface area contributed by atoms with Crippen LogP contribution in [0.5, 0.6) is 0 Å². The van der Waals surface area contributed by atoms with Crippen molar-refractivity contribution in [3.8, 4) is 22.4 Å². The van der Waals surface area contributed by atoms with E-state index in [1.807, 2.05) is 44.2 Å². The molecule has 0 aliphatic rings. The number of benzene rings is 3. The SMILES string of the molecule is [2H]C(C)(C)c1ccnc(-c2cccc3c2sc2cc(-c4ccccc4F)ccc23)c1. The van der Waals surface area contributed by atoms with Crippen LogP contribution >= 0.6 is 11.3 Å². The van der Waals surface area contributed by atoms with Gasteiger partial charge < -0.3 is 0 Å². The first-order valence-corrected chi connectivity index (χ1v) is 10.4. The van der Waals surface area contributed by atoms with Gasteiger partial charge in [-0.25, -0.2) is 4.39 Å². The molecule has 5 aromatic rings. The molecule has 0 saturated heterocycles. The summed E-state index contributed by atoms with van der Waals surface area (Å²) in [4.78, 5) is 4.59. The number of thiophene rings is 1. The van der Waals surface area contributed by atoms with E-state index in [2.05, 4.69) is 35.3 Å². The Balaban J connectivity index is 1.71. The van der Waals surface area contributed by atoms with Crippen LogP contribution in [-0.4, -0.2) is 4.98 Å². The van der Waals surface area contributed by atoms with Gasteiger partial charge in [0, 0.05) is 38.9 Å². The van der Waals surface area contributed by atoms with Crippen molar-refractivity contribution in [3.05, 3.63) is 90.4 Å². The average Bonchev–Trinajstić information content (AvgIpc) is 3.11. The Morgan fingerprint density at radius 1 is 0.897 bits per heavy atom. The van der Waals surface area contributed by atoms with E-state index < -0.39 is 5.89 Å². The van der Waals surface area contributed by atoms with Crippen molar-refractivity contribution in [2.45, 2.75) is 19.7 Å². The molecule has 0 aliphatic carbocycles. The zero-order valence-corrected chi connectivity index (χ0v) is 17.1. The Morgan fingerprint density at radius 2 is 1.72 bits per heavy atom. The molecule has 0 N–H and O–H groups in total. The fraction of sp³-hybridized carbons (Fsp3) is 0.115. The van der Waals surface area contributed by atoms with Crippen LogP contribution in [0.2, 0.25) is 0 Å². The Labute approximate surface area is 174 Å². The second kappa shape index (κ2) is 7.09. The highest BCUT2D eigenvalue weighted by atomic mass is 32.1. The maximum absolute atomic E-state index is 14.3. The fourth-order valence-corrected chi connectivity index (χ4v) is 5.02. The van der Waals surface area contributed by atoms with Crippen molar-refractivity contribution in [2.75, 3.05) is 0 Å². The van der Waals surface area contributed by atoms with E-state index in [0.717, 1.165) is 37.2 Å². The molecular formula is C26H20FNS. The van der Waals surface area contributed by atoms with Gasteiger partial charge in [0.15, 0.2) is 0 Å². The summed E-state index contributed by atoms with van der Waals surface area (Å²) >= 11 is 1.70. The molecule has 0 spiro atoms. The van der Waals surface area contributed by atoms with E-state index >= 15 is 0 Å². The molecule has 29 heavy (non-hydrogen) atoms. The number of nitrogens with zero attached hydrogens (tertiary/aromatic N) is 1. The molecule has 0 bridgehead atoms. The van der Waals surface area contributed by atoms with Crippen LogP contribution in [0, 0.1) is 5.82 Å². The smallest absolute Gasteiger partial charge is 0.131 e. The van der Waals surface area contributed by atoms with Gasteiger partial charge in [0.25, 0.3) is 0 Å². The lowest BCUT2D eigenvalue weighted by molar-refractivity contribution is 0.631. The lowest BCUT2D eigenvalue weighted by atomic mass is 10.00. The maximum Gasteiger partial charge on any atom is 0.131 e. The normalized spacial score (nSPS) is 12.4. The van der Waals surface area contributed by atoms with Crippen molar-refractivity contribution in [1.82, 2.24) is 4.98 Å². The second-order valence-electron chi connectivity index (χ2n) is 7.40. The highest BCUT2D eigenvalue weighted by Crippen LogP contribution is 2.41. The number of pyridine rings is 1. The molecule has 0 unspecified atom stereocenters. The molecule has 3 aromatic carbocycles. The minimum atomic E-state index is -0.680. The Kier molecular flexibility index (Phi) is 4.12. The van der Waals surface area contributed by atoms with Crippen LogP contribution < -0.4 is 0 Å². The zero-order valence-electron chi connectivity index (χ0n) is 17.2. The topological polar surface area (TPSA) is 12.9 Å². The molecular weight excluding hydrogens is 377 g/mol. The summed E-state index contributed by atoms with van der Waals surface area (Å²) in [6.07, 6.45) is 1.78. The van der Waals surface area contributed by atoms with Gasteiger partial charge >= 0.3 is 0 Å². The molecule has 2 heterocycles. The molecule has 0 fully saturated rings. The van der Waals surface area contributed by atoms with Crippen molar-refractivity contribution in [2.24, 2.45) is 0 Å². The maximum atomic E-state index is 14.3. The van der Waals surface area contributed by atoms with Crippen LogP contribution in [0.4, 0.5) is 4.39 Å². The molecule has 0 atom stereocenters. The van der Waals surface area contributed by atoms with E-state index in [0.29, 0.717) is 5.56 Å². The first kappa shape index (κ1) is 16.9. The molecule has 142 valence electrons. The predicted molar refractivity (Wildman–Crippen MR) is 122 cm³/mol. The van der Waals surface area contributed by atoms with Gasteiger partial charge in [0.2, 0.25) is 0 Å². The summed E-state index contributed by atoms with van der Waals surface area (Å²) in [5.74, 6) is -0.891. The summed E-state index contributed by atoms with van der Waals surface area (Å²) in [5, 5.41) is 2.33. The molecule has 5 rings (SSSR count). The lowest BCUT2D eigenvalue weighted by Gasteiger charge is -2.08. The number of fused-ring (bicyclic) bond motifs is 3. The third-order valence-electron chi connectivity index (χ3n) is 5.30. The Hall–Kier alpha value is -3.04. The monoisotopic (exact) mass is 398 g/mol. The van der Waals surface area contributed by atoms with E-state index in [-0.39, 0.29) is 5.82 Å². The first-order valence-electron chi connectivity index (χ1n) is 10.1. The quantitative estimate of drug-likeness (QED) is 0.300. The lowest BCUT2D eigenvalue weighted by Crippen LogP contribution is -1.90. The zero-order chi connectivity index (χ0) is 20.9. The molecule has 0 radical (unpaired) electrons. The number of hydrogen-bond acceptors (Lipinski definition) is 2. The van der Waals surface area contributed by atoms with Crippen molar-refractivity contribution < 1.29 is 5.76 Å². The minimum Gasteiger partial charge on any atom is -0.256 e. The Morgan fingerprint density at radius 3 is 2.55 bits per heavy atom. The van der Waals surface area contributed by atoms with Crippen molar-refractivity contribution in [1.29, 1.82) is 0 Å². The summed E-state index contributed by atoms with van der Waals surface area (Å²) in [6, 6.07) is 23.2. The molecule has 3 heteroatoms. The van der Waals surface area contributed by atoms with Crippen LogP contribution in [0.3, 0.4) is 0 Å². The van der Waals surface area contributed by atoms with Gasteiger partial charge in [0.05, 0.1) is 5.69 Å². The van der Waals surface area contributed by atoms with Crippen LogP contribution in [0.15, 0.2) is 79.0 Å². The van der Waals surface area contributed by atoms with Crippen LogP contribution in [0.25, 0.3) is 42.6 Å². The van der Waals surface area contributed by atoms with Gasteiger partial charge in [-0.1, -0.05) is 62.4 Å². The van der Waals surface area contributed by atoms with Crippen LogP contribution in [-0.2, 0) is 0 Å². The standard InChI is InChI=1S/C26H20FNS/c1-16(2)17-12-13-28-24(14-17)22-8-5-7-21-20-11-10-18(15-25(20)29-26(21)22)19-6-3-4-9-23(19)27/h3-16H,1-2H3/i16D. The molecule has 2 aromatic heterocycles. The largest absolute Gasteiger partial charge is 0.256 e. The molecule has 0 saturated carbocycles. The van der Waals surface area contributed by atoms with Crippen molar-refractivity contribution >= 4 is 31.5 Å². The van der Waals surface area contributed by atoms with Crippen LogP contribution in [0.1, 0.15) is 26.7 Å². The summed E-state index contributed by atoms with van der Waals surface area (Å²) in [5.41, 5.74) is 4.37. The van der Waals surface area contributed by atoms with E-state index in [4.69, 9.17) is 1.37 Å². The first-order chi connectivity index (χ1) is 14.4. The van der Waals surface area contributed by atoms with Gasteiger partial charge in [-0.3, -0.25) is 4.98 Å². The van der Waals surface area contributed by atoms with E-state index in [9.17, 15) is 4.39 Å². The fourth-order valence-electron chi connectivity index (χ4n) is 3.75. The summed E-state index contributed by atoms with van der Waals surface area (Å²) in [7, 11) is 0. The summed E-state index contributed by atoms with van der Waals surface area (Å²) in [6.45, 7) is 3.77. The van der Waals surface area contributed by atoms with Gasteiger partial charge in [0.1, 0.15) is 5.82 Å². The predicted octanol–water partition coefficient (Wildman–Crippen LogP) is 8.05. The average molecular weight is 399 g/mol. The van der Waals surface area contributed by atoms with E-state index in [1.54, 1.807) is 23.6 Å². The van der Waals surface area contributed by atoms with Gasteiger partial charge in [-0.2, -0.15) is 0 Å². The third kappa shape index (κ3) is 3.12.